The van der Waals surface area contributed by atoms with Crippen LogP contribution >= 0.6 is 11.6 Å². The summed E-state index contributed by atoms with van der Waals surface area (Å²) in [5.74, 6) is 0.436. The number of benzene rings is 1. The van der Waals surface area contributed by atoms with Gasteiger partial charge in [-0.3, -0.25) is 4.68 Å². The van der Waals surface area contributed by atoms with Crippen LogP contribution in [0.25, 0.3) is 22.3 Å². The third kappa shape index (κ3) is 4.18. The number of aliphatic hydroxyl groups excluding tert-OH is 1. The van der Waals surface area contributed by atoms with Crippen molar-refractivity contribution in [2.45, 2.75) is 52.3 Å². The third-order valence-corrected chi connectivity index (χ3v) is 5.69. The number of rotatable bonds is 2. The highest BCUT2D eigenvalue weighted by molar-refractivity contribution is 6.33. The van der Waals surface area contributed by atoms with E-state index in [2.05, 4.69) is 20.1 Å². The summed E-state index contributed by atoms with van der Waals surface area (Å²) in [6, 6.07) is 5.23. The molecule has 0 saturated carbocycles. The zero-order chi connectivity index (χ0) is 23.0. The molecule has 0 aliphatic carbocycles. The normalized spacial score (nSPS) is 15.5. The number of hydrogen-bond acceptors (Lipinski definition) is 6. The first-order chi connectivity index (χ1) is 15.3. The first-order valence-electron chi connectivity index (χ1n) is 10.4. The summed E-state index contributed by atoms with van der Waals surface area (Å²) in [7, 11) is 0. The van der Waals surface area contributed by atoms with E-state index in [1.54, 1.807) is 6.20 Å². The van der Waals surface area contributed by atoms with E-state index in [1.165, 1.54) is 12.3 Å². The molecule has 1 aliphatic heterocycles. The quantitative estimate of drug-likeness (QED) is 0.460. The molecular weight excluding hydrogens is 433 g/mol. The Labute approximate surface area is 189 Å². The molecule has 1 aromatic carbocycles. The Bertz CT molecular complexity index is 1270. The topological polar surface area (TPSA) is 108 Å². The fraction of sp³-hybridized carbons (Fsp3) is 0.364. The maximum Gasteiger partial charge on any atom is 0.220 e. The lowest BCUT2D eigenvalue weighted by atomic mass is 10.1. The molecule has 1 aliphatic rings. The predicted molar refractivity (Wildman–Crippen MR) is 122 cm³/mol. The van der Waals surface area contributed by atoms with Crippen molar-refractivity contribution in [2.75, 3.05) is 5.73 Å². The van der Waals surface area contributed by atoms with Crippen molar-refractivity contribution in [1.82, 2.24) is 29.3 Å². The minimum Gasteiger partial charge on any atom is -0.387 e. The summed E-state index contributed by atoms with van der Waals surface area (Å²) < 4.78 is 18.3. The molecule has 168 valence electrons. The van der Waals surface area contributed by atoms with Gasteiger partial charge in [0, 0.05) is 24.3 Å². The minimum absolute atomic E-state index is 0.0912. The van der Waals surface area contributed by atoms with Crippen molar-refractivity contribution >= 4 is 28.6 Å². The van der Waals surface area contributed by atoms with Crippen LogP contribution in [0.15, 0.2) is 30.6 Å². The van der Waals surface area contributed by atoms with Crippen LogP contribution in [-0.2, 0) is 6.54 Å². The highest BCUT2D eigenvalue weighted by Gasteiger charge is 2.18. The number of fused-ring (bicyclic) bond motifs is 2. The van der Waals surface area contributed by atoms with Crippen molar-refractivity contribution < 1.29 is 9.50 Å². The van der Waals surface area contributed by atoms with Gasteiger partial charge in [0.2, 0.25) is 5.95 Å². The van der Waals surface area contributed by atoms with Gasteiger partial charge in [-0.25, -0.2) is 19.3 Å². The van der Waals surface area contributed by atoms with Crippen LogP contribution in [-0.4, -0.2) is 34.4 Å². The molecule has 0 bridgehead atoms. The average molecular weight is 458 g/mol. The van der Waals surface area contributed by atoms with Gasteiger partial charge >= 0.3 is 0 Å². The number of hydrogen-bond donors (Lipinski definition) is 2. The second kappa shape index (κ2) is 8.84. The lowest BCUT2D eigenvalue weighted by Crippen LogP contribution is -2.15. The molecule has 0 fully saturated rings. The highest BCUT2D eigenvalue weighted by Crippen LogP contribution is 2.32. The van der Waals surface area contributed by atoms with E-state index < -0.39 is 5.82 Å². The van der Waals surface area contributed by atoms with Crippen LogP contribution in [0.3, 0.4) is 0 Å². The van der Waals surface area contributed by atoms with Crippen LogP contribution in [0.2, 0.25) is 5.02 Å². The first-order valence-corrected chi connectivity index (χ1v) is 10.8. The first kappa shape index (κ1) is 22.2. The molecule has 0 saturated heterocycles. The molecule has 1 unspecified atom stereocenters. The number of anilines is 1. The summed E-state index contributed by atoms with van der Waals surface area (Å²) in [6.45, 7) is 6.86. The van der Waals surface area contributed by atoms with Gasteiger partial charge in [-0.2, -0.15) is 5.10 Å². The van der Waals surface area contributed by atoms with Gasteiger partial charge in [-0.15, -0.1) is 0 Å². The van der Waals surface area contributed by atoms with E-state index in [0.29, 0.717) is 27.3 Å². The Morgan fingerprint density at radius 2 is 2.06 bits per heavy atom. The van der Waals surface area contributed by atoms with E-state index >= 15 is 0 Å². The number of halogens is 2. The van der Waals surface area contributed by atoms with Gasteiger partial charge in [0.15, 0.2) is 5.82 Å². The minimum atomic E-state index is -0.414. The predicted octanol–water partition coefficient (Wildman–Crippen LogP) is 4.47. The molecule has 32 heavy (non-hydrogen) atoms. The number of imidazole rings is 1. The maximum absolute atomic E-state index is 14.4. The molecule has 0 radical (unpaired) electrons. The average Bonchev–Trinajstić information content (AvgIpc) is 3.35. The van der Waals surface area contributed by atoms with Gasteiger partial charge in [0.05, 0.1) is 34.2 Å². The van der Waals surface area contributed by atoms with Crippen molar-refractivity contribution in [3.63, 3.8) is 0 Å². The van der Waals surface area contributed by atoms with Gasteiger partial charge in [0.25, 0.3) is 0 Å². The van der Waals surface area contributed by atoms with Crippen LogP contribution in [0.1, 0.15) is 50.4 Å². The molecular formula is C22H25ClFN7O. The lowest BCUT2D eigenvalue weighted by molar-refractivity contribution is 0.135. The summed E-state index contributed by atoms with van der Waals surface area (Å²) in [5.41, 5.74) is 8.57. The summed E-state index contributed by atoms with van der Waals surface area (Å²) in [6.07, 6.45) is 4.79. The Balaban J connectivity index is 0.000000203. The van der Waals surface area contributed by atoms with E-state index in [4.69, 9.17) is 17.3 Å². The molecule has 5 rings (SSSR count). The zero-order valence-corrected chi connectivity index (χ0v) is 18.9. The maximum atomic E-state index is 14.4. The molecule has 4 heterocycles. The molecule has 0 spiro atoms. The van der Waals surface area contributed by atoms with Crippen molar-refractivity contribution in [3.8, 4) is 11.3 Å². The number of aliphatic hydroxyl groups is 1. The summed E-state index contributed by atoms with van der Waals surface area (Å²) >= 11 is 6.12. The fourth-order valence-corrected chi connectivity index (χ4v) is 4.24. The molecule has 10 heteroatoms. The fourth-order valence-electron chi connectivity index (χ4n) is 4.04. The van der Waals surface area contributed by atoms with Gasteiger partial charge in [-0.1, -0.05) is 11.6 Å². The van der Waals surface area contributed by atoms with Gasteiger partial charge in [-0.05, 0) is 51.8 Å². The van der Waals surface area contributed by atoms with Crippen molar-refractivity contribution in [3.05, 3.63) is 53.0 Å². The summed E-state index contributed by atoms with van der Waals surface area (Å²) in [4.78, 5) is 12.2. The lowest BCUT2D eigenvalue weighted by Gasteiger charge is -2.18. The zero-order valence-electron chi connectivity index (χ0n) is 18.1. The van der Waals surface area contributed by atoms with Gasteiger partial charge < -0.3 is 15.4 Å². The van der Waals surface area contributed by atoms with E-state index in [1.807, 2.05) is 42.2 Å². The highest BCUT2D eigenvalue weighted by atomic mass is 35.5. The summed E-state index contributed by atoms with van der Waals surface area (Å²) in [5, 5.41) is 13.8. The second-order valence-electron chi connectivity index (χ2n) is 8.01. The Morgan fingerprint density at radius 3 is 2.78 bits per heavy atom. The standard InChI is InChI=1S/C15H15ClFN5.C7H10N2O/c1-7(2)22-8(3)20-14-11(17)4-9(5-12(14)22)13-10(16)6-19-15(18)21-13;10-7-2-1-5-9-6(7)3-4-8-9/h4-7H,1-3H3,(H2,18,19,21);3-4,7,10H,1-2,5H2. The molecule has 4 aromatic rings. The van der Waals surface area contributed by atoms with Crippen molar-refractivity contribution in [2.24, 2.45) is 0 Å². The Kier molecular flexibility index (Phi) is 6.12. The SMILES string of the molecule is Cc1nc2c(F)cc(-c3nc(N)ncc3Cl)cc2n1C(C)C.OC1CCCn2nccc21. The molecule has 3 N–H and O–H groups in total. The van der Waals surface area contributed by atoms with Crippen LogP contribution in [0.4, 0.5) is 10.3 Å². The number of nitrogens with two attached hydrogens (primary N) is 1. The molecule has 3 aromatic heterocycles. The molecule has 8 nitrogen and oxygen atoms in total. The van der Waals surface area contributed by atoms with E-state index in [9.17, 15) is 9.50 Å². The second-order valence-corrected chi connectivity index (χ2v) is 8.42. The number of aromatic nitrogens is 6. The smallest absolute Gasteiger partial charge is 0.220 e. The molecule has 0 amide bonds. The van der Waals surface area contributed by atoms with E-state index in [-0.39, 0.29) is 18.1 Å². The van der Waals surface area contributed by atoms with E-state index in [0.717, 1.165) is 30.9 Å². The monoisotopic (exact) mass is 457 g/mol. The van der Waals surface area contributed by atoms with Crippen LogP contribution < -0.4 is 5.73 Å². The number of nitrogens with zero attached hydrogens (tertiary/aromatic N) is 6. The van der Waals surface area contributed by atoms with Crippen LogP contribution in [0, 0.1) is 12.7 Å². The molecule has 1 atom stereocenters. The van der Waals surface area contributed by atoms with Crippen molar-refractivity contribution in [1.29, 1.82) is 0 Å². The van der Waals surface area contributed by atoms with Crippen LogP contribution in [0.5, 0.6) is 0 Å². The largest absolute Gasteiger partial charge is 0.387 e. The Morgan fingerprint density at radius 1 is 1.28 bits per heavy atom. The third-order valence-electron chi connectivity index (χ3n) is 5.42. The Hall–Kier alpha value is -3.04. The number of nitrogen functional groups attached to an aromatic ring is 1. The van der Waals surface area contributed by atoms with Gasteiger partial charge in [0.1, 0.15) is 11.3 Å². The number of aryl methyl sites for hydroxylation is 2.